The Bertz CT molecular complexity index is 448. The highest BCUT2D eigenvalue weighted by atomic mass is 32.2. The number of carbonyl (C=O) groups is 1. The monoisotopic (exact) mass is 234 g/mol. The summed E-state index contributed by atoms with van der Waals surface area (Å²) in [5, 5.41) is 0. The third kappa shape index (κ3) is 1.54. The van der Waals surface area contributed by atoms with Crippen LogP contribution in [0.1, 0.15) is 40.7 Å². The second-order valence-electron chi connectivity index (χ2n) is 4.55. The number of carbonyl (C=O) groups excluding carboxylic acids is 1. The fourth-order valence-electron chi connectivity index (χ4n) is 2.62. The summed E-state index contributed by atoms with van der Waals surface area (Å²) in [6, 6.07) is 4.03. The molecule has 2 nitrogen and oxygen atoms in total. The molecule has 16 heavy (non-hydrogen) atoms. The van der Waals surface area contributed by atoms with Crippen molar-refractivity contribution in [2.24, 2.45) is 0 Å². The molecule has 0 N–H and O–H groups in total. The lowest BCUT2D eigenvalue weighted by Crippen LogP contribution is -2.03. The summed E-state index contributed by atoms with van der Waals surface area (Å²) in [5.41, 5.74) is 3.34. The van der Waals surface area contributed by atoms with Crippen LogP contribution in [0.25, 0.3) is 0 Å². The quantitative estimate of drug-likeness (QED) is 0.690. The largest absolute Gasteiger partial charge is 0.294 e. The third-order valence-corrected chi connectivity index (χ3v) is 4.96. The fraction of sp³-hybridized carbons (Fsp3) is 0.462. The molecular weight excluding hydrogens is 220 g/mol. The molecule has 0 fully saturated rings. The SMILES string of the molecule is O=C1CCCS(=O)c2cc3c(cc21)CCC3. The van der Waals surface area contributed by atoms with Gasteiger partial charge in [0.2, 0.25) is 0 Å². The lowest BCUT2D eigenvalue weighted by Gasteiger charge is -2.07. The maximum Gasteiger partial charge on any atom is 0.164 e. The molecule has 1 atom stereocenters. The molecule has 0 saturated heterocycles. The van der Waals surface area contributed by atoms with Crippen LogP contribution < -0.4 is 0 Å². The predicted octanol–water partition coefficient (Wildman–Crippen LogP) is 2.26. The van der Waals surface area contributed by atoms with Gasteiger partial charge in [-0.25, -0.2) is 0 Å². The molecule has 0 saturated carbocycles. The molecule has 3 rings (SSSR count). The van der Waals surface area contributed by atoms with Gasteiger partial charge >= 0.3 is 0 Å². The van der Waals surface area contributed by atoms with E-state index < -0.39 is 10.8 Å². The lowest BCUT2D eigenvalue weighted by atomic mass is 10.0. The van der Waals surface area contributed by atoms with Gasteiger partial charge in [0.05, 0.1) is 10.8 Å². The van der Waals surface area contributed by atoms with E-state index in [2.05, 4.69) is 0 Å². The Hall–Kier alpha value is -0.960. The average molecular weight is 234 g/mol. The van der Waals surface area contributed by atoms with Crippen LogP contribution >= 0.6 is 0 Å². The Morgan fingerprint density at radius 1 is 1.00 bits per heavy atom. The van der Waals surface area contributed by atoms with Gasteiger partial charge in [-0.3, -0.25) is 9.00 Å². The number of hydrogen-bond acceptors (Lipinski definition) is 2. The molecule has 0 spiro atoms. The molecule has 1 heterocycles. The van der Waals surface area contributed by atoms with Crippen LogP contribution in [-0.2, 0) is 23.6 Å². The zero-order valence-electron chi connectivity index (χ0n) is 9.12. The van der Waals surface area contributed by atoms with Gasteiger partial charge in [-0.2, -0.15) is 0 Å². The van der Waals surface area contributed by atoms with Crippen molar-refractivity contribution >= 4 is 16.6 Å². The topological polar surface area (TPSA) is 34.1 Å². The summed E-state index contributed by atoms with van der Waals surface area (Å²) < 4.78 is 12.0. The molecule has 84 valence electrons. The van der Waals surface area contributed by atoms with Gasteiger partial charge in [-0.15, -0.1) is 0 Å². The van der Waals surface area contributed by atoms with E-state index in [4.69, 9.17) is 0 Å². The highest BCUT2D eigenvalue weighted by Crippen LogP contribution is 2.30. The lowest BCUT2D eigenvalue weighted by molar-refractivity contribution is 0.0980. The molecule has 1 aromatic carbocycles. The molecule has 0 aromatic heterocycles. The first-order chi connectivity index (χ1) is 7.75. The second kappa shape index (κ2) is 3.81. The molecule has 1 unspecified atom stereocenters. The van der Waals surface area contributed by atoms with Crippen molar-refractivity contribution in [3.8, 4) is 0 Å². The van der Waals surface area contributed by atoms with E-state index in [1.165, 1.54) is 17.5 Å². The smallest absolute Gasteiger partial charge is 0.164 e. The number of hydrogen-bond donors (Lipinski definition) is 0. The standard InChI is InChI=1S/C13H14O2S/c14-12-5-2-6-16(15)13-8-10-4-1-3-9(10)7-11(12)13/h7-8H,1-6H2. The molecule has 3 heteroatoms. The Morgan fingerprint density at radius 2 is 1.75 bits per heavy atom. The molecule has 2 aliphatic rings. The molecule has 0 bridgehead atoms. The number of benzene rings is 1. The van der Waals surface area contributed by atoms with E-state index in [1.54, 1.807) is 0 Å². The minimum Gasteiger partial charge on any atom is -0.294 e. The van der Waals surface area contributed by atoms with Crippen LogP contribution in [0.3, 0.4) is 0 Å². The van der Waals surface area contributed by atoms with Crippen molar-refractivity contribution in [1.29, 1.82) is 0 Å². The van der Waals surface area contributed by atoms with Crippen LogP contribution in [0, 0.1) is 0 Å². The molecule has 1 aliphatic heterocycles. The van der Waals surface area contributed by atoms with Crippen LogP contribution in [0.2, 0.25) is 0 Å². The summed E-state index contributed by atoms with van der Waals surface area (Å²) in [7, 11) is -0.966. The summed E-state index contributed by atoms with van der Waals surface area (Å²) in [5.74, 6) is 0.813. The zero-order chi connectivity index (χ0) is 11.1. The summed E-state index contributed by atoms with van der Waals surface area (Å²) in [6.45, 7) is 0. The number of fused-ring (bicyclic) bond motifs is 2. The number of ketones is 1. The first-order valence-electron chi connectivity index (χ1n) is 5.83. The summed E-state index contributed by atoms with van der Waals surface area (Å²) >= 11 is 0. The van der Waals surface area contributed by atoms with E-state index in [1.807, 2.05) is 12.1 Å². The van der Waals surface area contributed by atoms with Crippen LogP contribution in [0.5, 0.6) is 0 Å². The van der Waals surface area contributed by atoms with E-state index >= 15 is 0 Å². The Labute approximate surface area is 97.5 Å². The van der Waals surface area contributed by atoms with Gasteiger partial charge in [0.15, 0.2) is 5.78 Å². The van der Waals surface area contributed by atoms with Gasteiger partial charge in [-0.1, -0.05) is 0 Å². The van der Waals surface area contributed by atoms with E-state index in [0.717, 1.165) is 29.7 Å². The van der Waals surface area contributed by atoms with Gasteiger partial charge in [-0.05, 0) is 48.9 Å². The highest BCUT2D eigenvalue weighted by molar-refractivity contribution is 7.85. The normalized spacial score (nSPS) is 23.8. The van der Waals surface area contributed by atoms with E-state index in [9.17, 15) is 9.00 Å². The molecule has 1 aromatic rings. The van der Waals surface area contributed by atoms with Gasteiger partial charge < -0.3 is 0 Å². The Morgan fingerprint density at radius 3 is 2.56 bits per heavy atom. The van der Waals surface area contributed by atoms with Crippen molar-refractivity contribution in [3.63, 3.8) is 0 Å². The van der Waals surface area contributed by atoms with Crippen molar-refractivity contribution in [3.05, 3.63) is 28.8 Å². The maximum absolute atomic E-state index is 12.0. The maximum atomic E-state index is 12.0. The van der Waals surface area contributed by atoms with Gasteiger partial charge in [0.25, 0.3) is 0 Å². The molecule has 0 radical (unpaired) electrons. The second-order valence-corrected chi connectivity index (χ2v) is 6.09. The van der Waals surface area contributed by atoms with E-state index in [0.29, 0.717) is 12.2 Å². The summed E-state index contributed by atoms with van der Waals surface area (Å²) in [6.07, 6.45) is 4.62. The molecule has 0 amide bonds. The predicted molar refractivity (Wildman–Crippen MR) is 63.3 cm³/mol. The van der Waals surface area contributed by atoms with Gasteiger partial charge in [0.1, 0.15) is 0 Å². The first kappa shape index (κ1) is 10.2. The average Bonchev–Trinajstić information content (AvgIpc) is 2.68. The van der Waals surface area contributed by atoms with Crippen molar-refractivity contribution < 1.29 is 9.00 Å². The highest BCUT2D eigenvalue weighted by Gasteiger charge is 2.23. The fourth-order valence-corrected chi connectivity index (χ4v) is 3.93. The number of rotatable bonds is 0. The Balaban J connectivity index is 2.20. The van der Waals surface area contributed by atoms with Gasteiger partial charge in [0, 0.05) is 22.6 Å². The number of Topliss-reactive ketones (excluding diaryl/α,β-unsaturated/α-hetero) is 1. The van der Waals surface area contributed by atoms with Crippen LogP contribution in [0.15, 0.2) is 17.0 Å². The van der Waals surface area contributed by atoms with Crippen molar-refractivity contribution in [2.45, 2.75) is 37.0 Å². The zero-order valence-corrected chi connectivity index (χ0v) is 9.94. The van der Waals surface area contributed by atoms with Crippen LogP contribution in [-0.4, -0.2) is 15.7 Å². The Kier molecular flexibility index (Phi) is 2.43. The van der Waals surface area contributed by atoms with Crippen LogP contribution in [0.4, 0.5) is 0 Å². The third-order valence-electron chi connectivity index (χ3n) is 3.47. The van der Waals surface area contributed by atoms with E-state index in [-0.39, 0.29) is 5.78 Å². The minimum absolute atomic E-state index is 0.176. The molecule has 1 aliphatic carbocycles. The van der Waals surface area contributed by atoms with Crippen molar-refractivity contribution in [2.75, 3.05) is 5.75 Å². The summed E-state index contributed by atoms with van der Waals surface area (Å²) in [4.78, 5) is 12.7. The minimum atomic E-state index is -0.966. The first-order valence-corrected chi connectivity index (χ1v) is 7.15. The molecular formula is C13H14O2S. The van der Waals surface area contributed by atoms with Crippen molar-refractivity contribution in [1.82, 2.24) is 0 Å². The number of aryl methyl sites for hydroxylation is 2.